The Hall–Kier alpha value is -0.0800. The minimum absolute atomic E-state index is 0.917. The van der Waals surface area contributed by atoms with Crippen molar-refractivity contribution in [1.29, 1.82) is 0 Å². The maximum Gasteiger partial charge on any atom is 0.0136 e. The van der Waals surface area contributed by atoms with Gasteiger partial charge in [-0.2, -0.15) is 0 Å². The van der Waals surface area contributed by atoms with E-state index in [1.807, 2.05) is 0 Å². The Kier molecular flexibility index (Phi) is 3.82. The van der Waals surface area contributed by atoms with E-state index in [1.165, 1.54) is 58.2 Å². The zero-order chi connectivity index (χ0) is 9.80. The van der Waals surface area contributed by atoms with Crippen molar-refractivity contribution in [1.82, 2.24) is 10.2 Å². The summed E-state index contributed by atoms with van der Waals surface area (Å²) < 4.78 is 0. The maximum absolute atomic E-state index is 3.33. The van der Waals surface area contributed by atoms with Crippen LogP contribution in [0, 0.1) is 5.92 Å². The summed E-state index contributed by atoms with van der Waals surface area (Å²) in [6.07, 6.45) is 8.68. The number of likely N-dealkylation sites (tertiary alicyclic amines) is 1. The van der Waals surface area contributed by atoms with E-state index < -0.39 is 0 Å². The molecule has 1 saturated heterocycles. The van der Waals surface area contributed by atoms with Crippen molar-refractivity contribution >= 4 is 0 Å². The molecule has 0 amide bonds. The molecule has 1 heterocycles. The van der Waals surface area contributed by atoms with Crippen LogP contribution in [0.25, 0.3) is 0 Å². The molecule has 1 N–H and O–H groups in total. The Labute approximate surface area is 88.1 Å². The predicted molar refractivity (Wildman–Crippen MR) is 60.5 cm³/mol. The average molecular weight is 196 g/mol. The van der Waals surface area contributed by atoms with Crippen LogP contribution in [0.5, 0.6) is 0 Å². The molecular formula is C12H24N2. The molecule has 0 bridgehead atoms. The van der Waals surface area contributed by atoms with Gasteiger partial charge in [-0.1, -0.05) is 12.8 Å². The van der Waals surface area contributed by atoms with Gasteiger partial charge in [-0.3, -0.25) is 0 Å². The van der Waals surface area contributed by atoms with Gasteiger partial charge in [0.25, 0.3) is 0 Å². The molecule has 2 atom stereocenters. The molecule has 2 heteroatoms. The van der Waals surface area contributed by atoms with Gasteiger partial charge in [-0.05, 0) is 58.3 Å². The van der Waals surface area contributed by atoms with Crippen LogP contribution < -0.4 is 5.32 Å². The van der Waals surface area contributed by atoms with Crippen LogP contribution >= 0.6 is 0 Å². The van der Waals surface area contributed by atoms with E-state index in [0.29, 0.717) is 0 Å². The highest BCUT2D eigenvalue weighted by atomic mass is 15.2. The van der Waals surface area contributed by atoms with Gasteiger partial charge in [-0.15, -0.1) is 0 Å². The van der Waals surface area contributed by atoms with E-state index in [9.17, 15) is 0 Å². The molecule has 1 saturated carbocycles. The Bertz CT molecular complexity index is 162. The van der Waals surface area contributed by atoms with Gasteiger partial charge in [0.05, 0.1) is 0 Å². The summed E-state index contributed by atoms with van der Waals surface area (Å²) in [6.45, 7) is 3.96. The van der Waals surface area contributed by atoms with Crippen molar-refractivity contribution in [2.24, 2.45) is 5.92 Å². The highest BCUT2D eigenvalue weighted by molar-refractivity contribution is 4.90. The van der Waals surface area contributed by atoms with Crippen molar-refractivity contribution in [3.63, 3.8) is 0 Å². The average Bonchev–Trinajstić information content (AvgIpc) is 2.41. The predicted octanol–water partition coefficient (Wildman–Crippen LogP) is 1.86. The Morgan fingerprint density at radius 1 is 1.07 bits per heavy atom. The second kappa shape index (κ2) is 5.13. The molecule has 0 aromatic heterocycles. The molecule has 1 aliphatic carbocycles. The summed E-state index contributed by atoms with van der Waals surface area (Å²) in [6, 6.07) is 0.917. The van der Waals surface area contributed by atoms with Crippen molar-refractivity contribution in [3.05, 3.63) is 0 Å². The van der Waals surface area contributed by atoms with Gasteiger partial charge in [0.15, 0.2) is 0 Å². The summed E-state index contributed by atoms with van der Waals surface area (Å²) in [4.78, 5) is 2.76. The molecule has 0 radical (unpaired) electrons. The van der Waals surface area contributed by atoms with Crippen LogP contribution in [0.4, 0.5) is 0 Å². The van der Waals surface area contributed by atoms with E-state index in [4.69, 9.17) is 0 Å². The zero-order valence-corrected chi connectivity index (χ0v) is 9.47. The lowest BCUT2D eigenvalue weighted by Gasteiger charge is -2.44. The summed E-state index contributed by atoms with van der Waals surface area (Å²) in [7, 11) is 2.08. The smallest absolute Gasteiger partial charge is 0.0136 e. The molecule has 2 fully saturated rings. The van der Waals surface area contributed by atoms with Crippen molar-refractivity contribution in [3.8, 4) is 0 Å². The van der Waals surface area contributed by atoms with Crippen molar-refractivity contribution in [2.75, 3.05) is 26.7 Å². The molecule has 0 spiro atoms. The van der Waals surface area contributed by atoms with Crippen LogP contribution in [0.2, 0.25) is 0 Å². The fourth-order valence-electron chi connectivity index (χ4n) is 2.96. The quantitative estimate of drug-likeness (QED) is 0.741. The number of hydrogen-bond donors (Lipinski definition) is 1. The largest absolute Gasteiger partial charge is 0.319 e. The molecular weight excluding hydrogens is 172 g/mol. The van der Waals surface area contributed by atoms with Crippen molar-refractivity contribution in [2.45, 2.75) is 44.6 Å². The fraction of sp³-hybridized carbons (Fsp3) is 1.00. The lowest BCUT2D eigenvalue weighted by molar-refractivity contribution is 0.0658. The summed E-state index contributed by atoms with van der Waals surface area (Å²) in [5.41, 5.74) is 0. The van der Waals surface area contributed by atoms with E-state index in [1.54, 1.807) is 0 Å². The molecule has 2 unspecified atom stereocenters. The van der Waals surface area contributed by atoms with E-state index in [0.717, 1.165) is 12.0 Å². The number of nitrogens with one attached hydrogen (secondary N) is 1. The summed E-state index contributed by atoms with van der Waals surface area (Å²) >= 11 is 0. The third kappa shape index (κ3) is 2.29. The van der Waals surface area contributed by atoms with Gasteiger partial charge >= 0.3 is 0 Å². The monoisotopic (exact) mass is 196 g/mol. The van der Waals surface area contributed by atoms with Gasteiger partial charge in [-0.25, -0.2) is 0 Å². The van der Waals surface area contributed by atoms with Crippen LogP contribution in [0.1, 0.15) is 38.5 Å². The SMILES string of the molecule is CNCC1CCC1N1CCCCCC1. The fourth-order valence-corrected chi connectivity index (χ4v) is 2.96. The van der Waals surface area contributed by atoms with E-state index in [2.05, 4.69) is 17.3 Å². The first kappa shape index (κ1) is 10.4. The standard InChI is InChI=1S/C12H24N2/c1-13-10-11-6-7-12(11)14-8-4-2-3-5-9-14/h11-13H,2-10H2,1H3. The van der Waals surface area contributed by atoms with Gasteiger partial charge in [0.2, 0.25) is 0 Å². The number of nitrogens with zero attached hydrogens (tertiary/aromatic N) is 1. The first-order valence-electron chi connectivity index (χ1n) is 6.30. The first-order chi connectivity index (χ1) is 6.92. The Morgan fingerprint density at radius 3 is 2.29 bits per heavy atom. The first-order valence-corrected chi connectivity index (χ1v) is 6.30. The molecule has 0 aromatic carbocycles. The number of rotatable bonds is 3. The maximum atomic E-state index is 3.33. The highest BCUT2D eigenvalue weighted by Crippen LogP contribution is 2.32. The van der Waals surface area contributed by atoms with Crippen LogP contribution in [0.3, 0.4) is 0 Å². The van der Waals surface area contributed by atoms with Crippen LogP contribution in [-0.2, 0) is 0 Å². The molecule has 14 heavy (non-hydrogen) atoms. The zero-order valence-electron chi connectivity index (χ0n) is 9.47. The summed E-state index contributed by atoms with van der Waals surface area (Å²) in [5.74, 6) is 0.943. The summed E-state index contributed by atoms with van der Waals surface area (Å²) in [5, 5.41) is 3.33. The lowest BCUT2D eigenvalue weighted by Crippen LogP contribution is -2.50. The van der Waals surface area contributed by atoms with Crippen LogP contribution in [-0.4, -0.2) is 37.6 Å². The minimum Gasteiger partial charge on any atom is -0.319 e. The van der Waals surface area contributed by atoms with Crippen molar-refractivity contribution < 1.29 is 0 Å². The molecule has 2 aliphatic rings. The molecule has 0 aromatic rings. The van der Waals surface area contributed by atoms with Gasteiger partial charge in [0.1, 0.15) is 0 Å². The lowest BCUT2D eigenvalue weighted by atomic mass is 9.78. The van der Waals surface area contributed by atoms with Gasteiger partial charge in [0, 0.05) is 6.04 Å². The second-order valence-corrected chi connectivity index (χ2v) is 4.91. The minimum atomic E-state index is 0.917. The normalized spacial score (nSPS) is 34.9. The topological polar surface area (TPSA) is 15.3 Å². The highest BCUT2D eigenvalue weighted by Gasteiger charge is 2.34. The van der Waals surface area contributed by atoms with Gasteiger partial charge < -0.3 is 10.2 Å². The third-order valence-corrected chi connectivity index (χ3v) is 3.95. The Morgan fingerprint density at radius 2 is 1.79 bits per heavy atom. The van der Waals surface area contributed by atoms with E-state index >= 15 is 0 Å². The molecule has 2 rings (SSSR count). The second-order valence-electron chi connectivity index (χ2n) is 4.91. The van der Waals surface area contributed by atoms with Crippen LogP contribution in [0.15, 0.2) is 0 Å². The Balaban J connectivity index is 1.80. The molecule has 1 aliphatic heterocycles. The molecule has 82 valence electrons. The number of hydrogen-bond acceptors (Lipinski definition) is 2. The van der Waals surface area contributed by atoms with E-state index in [-0.39, 0.29) is 0 Å². The third-order valence-electron chi connectivity index (χ3n) is 3.95. The molecule has 2 nitrogen and oxygen atoms in total.